The van der Waals surface area contributed by atoms with Crippen molar-refractivity contribution in [3.8, 4) is 5.75 Å². The summed E-state index contributed by atoms with van der Waals surface area (Å²) in [5, 5.41) is 10.7. The SMILES string of the molecule is CCNC(=NCCc1c(C)noc1C)NC1CCN(c2ccccc2OC(F)F)C1. The summed E-state index contributed by atoms with van der Waals surface area (Å²) < 4.78 is 35.3. The van der Waals surface area contributed by atoms with Crippen molar-refractivity contribution in [1.29, 1.82) is 0 Å². The van der Waals surface area contributed by atoms with Crippen molar-refractivity contribution in [1.82, 2.24) is 15.8 Å². The minimum atomic E-state index is -2.84. The highest BCUT2D eigenvalue weighted by atomic mass is 19.3. The summed E-state index contributed by atoms with van der Waals surface area (Å²) >= 11 is 0. The zero-order valence-electron chi connectivity index (χ0n) is 17.6. The van der Waals surface area contributed by atoms with Gasteiger partial charge in [0.15, 0.2) is 5.96 Å². The molecule has 1 unspecified atom stereocenters. The number of benzene rings is 1. The van der Waals surface area contributed by atoms with Crippen molar-refractivity contribution >= 4 is 11.6 Å². The van der Waals surface area contributed by atoms with Crippen molar-refractivity contribution in [2.45, 2.75) is 46.3 Å². The smallest absolute Gasteiger partial charge is 0.387 e. The first-order valence-corrected chi connectivity index (χ1v) is 10.2. The van der Waals surface area contributed by atoms with Crippen LogP contribution in [-0.2, 0) is 6.42 Å². The predicted molar refractivity (Wildman–Crippen MR) is 112 cm³/mol. The van der Waals surface area contributed by atoms with Gasteiger partial charge in [0.2, 0.25) is 0 Å². The van der Waals surface area contributed by atoms with E-state index in [1.54, 1.807) is 12.1 Å². The largest absolute Gasteiger partial charge is 0.433 e. The second kappa shape index (κ2) is 10.3. The molecule has 1 aromatic heterocycles. The minimum absolute atomic E-state index is 0.154. The molecule has 9 heteroatoms. The Hall–Kier alpha value is -2.84. The van der Waals surface area contributed by atoms with Crippen LogP contribution in [0.2, 0.25) is 0 Å². The monoisotopic (exact) mass is 421 g/mol. The van der Waals surface area contributed by atoms with Gasteiger partial charge in [-0.1, -0.05) is 17.3 Å². The van der Waals surface area contributed by atoms with Gasteiger partial charge in [-0.25, -0.2) is 0 Å². The number of rotatable bonds is 8. The Morgan fingerprint density at radius 2 is 2.17 bits per heavy atom. The summed E-state index contributed by atoms with van der Waals surface area (Å²) in [5.74, 6) is 1.78. The standard InChI is InChI=1S/C21H29F2N5O2/c1-4-24-21(25-11-9-17-14(2)27-30-15(17)3)26-16-10-12-28(13-16)18-7-5-6-8-19(18)29-20(22)23/h5-8,16,20H,4,9-13H2,1-3H3,(H2,24,25,26). The molecule has 164 valence electrons. The Morgan fingerprint density at radius 3 is 2.87 bits per heavy atom. The molecule has 0 spiro atoms. The molecule has 2 aromatic rings. The summed E-state index contributed by atoms with van der Waals surface area (Å²) in [6.07, 6.45) is 1.63. The molecule has 2 N–H and O–H groups in total. The highest BCUT2D eigenvalue weighted by Gasteiger charge is 2.26. The molecule has 0 amide bonds. The number of aromatic nitrogens is 1. The molecule has 0 radical (unpaired) electrons. The van der Waals surface area contributed by atoms with Crippen LogP contribution in [0.1, 0.15) is 30.4 Å². The Bertz CT molecular complexity index is 836. The molecule has 1 aliphatic heterocycles. The average molecular weight is 421 g/mol. The fourth-order valence-corrected chi connectivity index (χ4v) is 3.66. The fraction of sp³-hybridized carbons (Fsp3) is 0.524. The first kappa shape index (κ1) is 21.9. The molecule has 1 aliphatic rings. The summed E-state index contributed by atoms with van der Waals surface area (Å²) in [6.45, 7) is 5.81. The van der Waals surface area contributed by atoms with Gasteiger partial charge in [0.1, 0.15) is 11.5 Å². The van der Waals surface area contributed by atoms with E-state index in [0.717, 1.165) is 48.9 Å². The number of aryl methyl sites for hydroxylation is 2. The van der Waals surface area contributed by atoms with Gasteiger partial charge in [-0.05, 0) is 45.7 Å². The maximum Gasteiger partial charge on any atom is 0.387 e. The minimum Gasteiger partial charge on any atom is -0.433 e. The third-order valence-electron chi connectivity index (χ3n) is 5.11. The number of nitrogens with zero attached hydrogens (tertiary/aromatic N) is 3. The summed E-state index contributed by atoms with van der Waals surface area (Å²) in [7, 11) is 0. The Balaban J connectivity index is 1.59. The molecule has 0 bridgehead atoms. The van der Waals surface area contributed by atoms with Crippen LogP contribution in [-0.4, -0.2) is 49.9 Å². The number of anilines is 1. The van der Waals surface area contributed by atoms with Crippen molar-refractivity contribution in [2.75, 3.05) is 31.1 Å². The molecule has 1 fully saturated rings. The van der Waals surface area contributed by atoms with Crippen molar-refractivity contribution in [2.24, 2.45) is 4.99 Å². The molecular weight excluding hydrogens is 392 g/mol. The van der Waals surface area contributed by atoms with Crippen LogP contribution in [0.3, 0.4) is 0 Å². The average Bonchev–Trinajstić information content (AvgIpc) is 3.29. The number of ether oxygens (including phenoxy) is 1. The Morgan fingerprint density at radius 1 is 1.37 bits per heavy atom. The number of nitrogens with one attached hydrogen (secondary N) is 2. The lowest BCUT2D eigenvalue weighted by Gasteiger charge is -2.22. The number of alkyl halides is 2. The van der Waals surface area contributed by atoms with Crippen molar-refractivity contribution in [3.05, 3.63) is 41.3 Å². The molecule has 3 rings (SSSR count). The van der Waals surface area contributed by atoms with Crippen LogP contribution in [0.25, 0.3) is 0 Å². The van der Waals surface area contributed by atoms with Gasteiger partial charge in [0, 0.05) is 37.8 Å². The quantitative estimate of drug-likeness (QED) is 0.503. The van der Waals surface area contributed by atoms with Gasteiger partial charge < -0.3 is 24.8 Å². The van der Waals surface area contributed by atoms with E-state index < -0.39 is 6.61 Å². The molecule has 0 saturated carbocycles. The predicted octanol–water partition coefficient (Wildman–Crippen LogP) is 3.27. The molecule has 1 aromatic carbocycles. The lowest BCUT2D eigenvalue weighted by Crippen LogP contribution is -2.44. The van der Waals surface area contributed by atoms with Crippen LogP contribution in [0.15, 0.2) is 33.8 Å². The van der Waals surface area contributed by atoms with Crippen molar-refractivity contribution in [3.63, 3.8) is 0 Å². The third-order valence-corrected chi connectivity index (χ3v) is 5.11. The first-order valence-electron chi connectivity index (χ1n) is 10.2. The topological polar surface area (TPSA) is 74.9 Å². The summed E-state index contributed by atoms with van der Waals surface area (Å²) in [5.41, 5.74) is 2.68. The molecule has 2 heterocycles. The van der Waals surface area contributed by atoms with Crippen LogP contribution in [0, 0.1) is 13.8 Å². The van der Waals surface area contributed by atoms with Gasteiger partial charge in [-0.2, -0.15) is 8.78 Å². The molecule has 1 atom stereocenters. The second-order valence-corrected chi connectivity index (χ2v) is 7.24. The number of halogens is 2. The highest BCUT2D eigenvalue weighted by molar-refractivity contribution is 5.80. The fourth-order valence-electron chi connectivity index (χ4n) is 3.66. The molecule has 1 saturated heterocycles. The van der Waals surface area contributed by atoms with E-state index in [4.69, 9.17) is 4.52 Å². The number of guanidine groups is 1. The van der Waals surface area contributed by atoms with Crippen LogP contribution >= 0.6 is 0 Å². The zero-order chi connectivity index (χ0) is 21.5. The van der Waals surface area contributed by atoms with E-state index >= 15 is 0 Å². The Kier molecular flexibility index (Phi) is 7.48. The number of hydrogen-bond acceptors (Lipinski definition) is 5. The van der Waals surface area contributed by atoms with Gasteiger partial charge in [-0.15, -0.1) is 0 Å². The highest BCUT2D eigenvalue weighted by Crippen LogP contribution is 2.31. The summed E-state index contributed by atoms with van der Waals surface area (Å²) in [4.78, 5) is 6.73. The van der Waals surface area contributed by atoms with Crippen LogP contribution in [0.5, 0.6) is 5.75 Å². The van der Waals surface area contributed by atoms with Gasteiger partial charge in [0.25, 0.3) is 0 Å². The van der Waals surface area contributed by atoms with Gasteiger partial charge in [0.05, 0.1) is 11.4 Å². The maximum atomic E-state index is 12.7. The zero-order valence-corrected chi connectivity index (χ0v) is 17.6. The lowest BCUT2D eigenvalue weighted by molar-refractivity contribution is -0.0495. The van der Waals surface area contributed by atoms with Gasteiger partial charge in [-0.3, -0.25) is 4.99 Å². The molecule has 7 nitrogen and oxygen atoms in total. The van der Waals surface area contributed by atoms with E-state index in [1.165, 1.54) is 0 Å². The van der Waals surface area contributed by atoms with E-state index in [-0.39, 0.29) is 11.8 Å². The van der Waals surface area contributed by atoms with E-state index in [0.29, 0.717) is 18.8 Å². The Labute approximate surface area is 175 Å². The molecular formula is C21H29F2N5O2. The van der Waals surface area contributed by atoms with Crippen LogP contribution in [0.4, 0.5) is 14.5 Å². The summed E-state index contributed by atoms with van der Waals surface area (Å²) in [6, 6.07) is 7.06. The second-order valence-electron chi connectivity index (χ2n) is 7.24. The molecule has 0 aliphatic carbocycles. The molecule has 30 heavy (non-hydrogen) atoms. The number of aliphatic imine (C=N–C) groups is 1. The first-order chi connectivity index (χ1) is 14.5. The maximum absolute atomic E-state index is 12.7. The van der Waals surface area contributed by atoms with Crippen molar-refractivity contribution < 1.29 is 18.0 Å². The van der Waals surface area contributed by atoms with E-state index in [1.807, 2.05) is 32.9 Å². The number of para-hydroxylation sites is 2. The third kappa shape index (κ3) is 5.61. The van der Waals surface area contributed by atoms with E-state index in [9.17, 15) is 8.78 Å². The number of hydrogen-bond donors (Lipinski definition) is 2. The van der Waals surface area contributed by atoms with Gasteiger partial charge >= 0.3 is 6.61 Å². The lowest BCUT2D eigenvalue weighted by atomic mass is 10.1. The van der Waals surface area contributed by atoms with Crippen LogP contribution < -0.4 is 20.3 Å². The normalized spacial score (nSPS) is 16.9. The van der Waals surface area contributed by atoms with E-state index in [2.05, 4.69) is 30.4 Å².